The van der Waals surface area contributed by atoms with Crippen LogP contribution in [-0.2, 0) is 9.59 Å². The molecule has 1 aliphatic rings. The number of nitrogens with zero attached hydrogens (tertiary/aromatic N) is 2. The zero-order valence-corrected chi connectivity index (χ0v) is 9.48. The van der Waals surface area contributed by atoms with Gasteiger partial charge in [-0.15, -0.1) is 0 Å². The topological polar surface area (TPSA) is 57.7 Å². The van der Waals surface area contributed by atoms with E-state index in [0.29, 0.717) is 0 Å². The smallest absolute Gasteiger partial charge is 0.273 e. The van der Waals surface area contributed by atoms with Crippen molar-refractivity contribution in [3.8, 4) is 0 Å². The molecule has 1 aliphatic heterocycles. The fourth-order valence-electron chi connectivity index (χ4n) is 1.66. The summed E-state index contributed by atoms with van der Waals surface area (Å²) in [5.41, 5.74) is 0. The molecule has 0 aromatic rings. The number of carbonyl (C=O) groups excluding carboxylic acids is 3. The third-order valence-electron chi connectivity index (χ3n) is 2.98. The maximum atomic E-state index is 11.7. The Bertz CT molecular complexity index is 290. The molecule has 0 aliphatic carbocycles. The molecule has 0 bridgehead atoms. The van der Waals surface area contributed by atoms with E-state index in [1.165, 1.54) is 14.1 Å². The van der Waals surface area contributed by atoms with E-state index in [4.69, 9.17) is 0 Å². The number of hydrogen-bond acceptors (Lipinski definition) is 3. The predicted octanol–water partition coefficient (Wildman–Crippen LogP) is 0.699. The Hall–Kier alpha value is -1.39. The largest absolute Gasteiger partial charge is 0.332 e. The van der Waals surface area contributed by atoms with Gasteiger partial charge in [-0.05, 0) is 5.92 Å². The Morgan fingerprint density at radius 3 is 1.87 bits per heavy atom. The Morgan fingerprint density at radius 2 is 1.53 bits per heavy atom. The zero-order valence-electron chi connectivity index (χ0n) is 9.48. The van der Waals surface area contributed by atoms with E-state index < -0.39 is 23.8 Å². The average molecular weight is 212 g/mol. The van der Waals surface area contributed by atoms with Crippen molar-refractivity contribution >= 4 is 17.8 Å². The van der Waals surface area contributed by atoms with Gasteiger partial charge in [-0.3, -0.25) is 19.4 Å². The molecule has 5 nitrogen and oxygen atoms in total. The van der Waals surface area contributed by atoms with Gasteiger partial charge in [-0.25, -0.2) is 4.79 Å². The lowest BCUT2D eigenvalue weighted by molar-refractivity contribution is -0.149. The summed E-state index contributed by atoms with van der Waals surface area (Å²) >= 11 is 0. The molecule has 0 unspecified atom stereocenters. The summed E-state index contributed by atoms with van der Waals surface area (Å²) in [7, 11) is 2.81. The summed E-state index contributed by atoms with van der Waals surface area (Å²) in [6, 6.07) is -0.551. The lowest BCUT2D eigenvalue weighted by Gasteiger charge is -2.35. The van der Waals surface area contributed by atoms with Crippen LogP contribution in [0, 0.1) is 11.8 Å². The molecule has 1 saturated heterocycles. The van der Waals surface area contributed by atoms with Gasteiger partial charge in [-0.2, -0.15) is 0 Å². The quantitative estimate of drug-likeness (QED) is 0.633. The van der Waals surface area contributed by atoms with E-state index in [-0.39, 0.29) is 5.92 Å². The van der Waals surface area contributed by atoms with E-state index in [1.807, 2.05) is 13.8 Å². The molecular weight excluding hydrogens is 196 g/mol. The number of amides is 4. The van der Waals surface area contributed by atoms with Crippen LogP contribution in [-0.4, -0.2) is 41.7 Å². The van der Waals surface area contributed by atoms with Gasteiger partial charge in [0.1, 0.15) is 5.92 Å². The van der Waals surface area contributed by atoms with Gasteiger partial charge in [0, 0.05) is 14.1 Å². The molecule has 15 heavy (non-hydrogen) atoms. The van der Waals surface area contributed by atoms with E-state index in [1.54, 1.807) is 0 Å². The lowest BCUT2D eigenvalue weighted by Crippen LogP contribution is -2.58. The van der Waals surface area contributed by atoms with Gasteiger partial charge in [-0.1, -0.05) is 20.3 Å². The first-order chi connectivity index (χ1) is 6.91. The molecule has 0 radical (unpaired) electrons. The van der Waals surface area contributed by atoms with Crippen molar-refractivity contribution in [1.82, 2.24) is 9.80 Å². The lowest BCUT2D eigenvalue weighted by atomic mass is 9.88. The van der Waals surface area contributed by atoms with Gasteiger partial charge < -0.3 is 0 Å². The van der Waals surface area contributed by atoms with Gasteiger partial charge in [0.15, 0.2) is 0 Å². The first kappa shape index (κ1) is 11.7. The molecule has 1 fully saturated rings. The van der Waals surface area contributed by atoms with Crippen LogP contribution in [0.25, 0.3) is 0 Å². The summed E-state index contributed by atoms with van der Waals surface area (Å²) < 4.78 is 0. The Balaban J connectivity index is 3.02. The third kappa shape index (κ3) is 1.73. The Morgan fingerprint density at radius 1 is 1.13 bits per heavy atom. The van der Waals surface area contributed by atoms with Crippen LogP contribution in [0.2, 0.25) is 0 Å². The van der Waals surface area contributed by atoms with Crippen molar-refractivity contribution in [2.45, 2.75) is 20.3 Å². The minimum atomic E-state index is -0.706. The van der Waals surface area contributed by atoms with Crippen LogP contribution >= 0.6 is 0 Å². The highest BCUT2D eigenvalue weighted by Crippen LogP contribution is 2.24. The molecule has 0 spiro atoms. The first-order valence-electron chi connectivity index (χ1n) is 5.00. The maximum Gasteiger partial charge on any atom is 0.332 e. The van der Waals surface area contributed by atoms with E-state index in [0.717, 1.165) is 16.2 Å². The maximum absolute atomic E-state index is 11.7. The molecule has 0 saturated carbocycles. The zero-order chi connectivity index (χ0) is 11.7. The second-order valence-electron chi connectivity index (χ2n) is 3.94. The number of hydrogen-bond donors (Lipinski definition) is 0. The summed E-state index contributed by atoms with van der Waals surface area (Å²) in [6.07, 6.45) is 0.734. The molecule has 1 heterocycles. The number of barbiturate groups is 1. The normalized spacial score (nSPS) is 21.2. The van der Waals surface area contributed by atoms with Crippen molar-refractivity contribution in [3.63, 3.8) is 0 Å². The average Bonchev–Trinajstić information content (AvgIpc) is 2.23. The third-order valence-corrected chi connectivity index (χ3v) is 2.98. The number of imide groups is 2. The van der Waals surface area contributed by atoms with E-state index in [2.05, 4.69) is 0 Å². The highest BCUT2D eigenvalue weighted by Gasteiger charge is 2.44. The van der Waals surface area contributed by atoms with Crippen molar-refractivity contribution in [2.75, 3.05) is 14.1 Å². The first-order valence-corrected chi connectivity index (χ1v) is 5.00. The van der Waals surface area contributed by atoms with Crippen LogP contribution in [0.4, 0.5) is 4.79 Å². The molecule has 1 atom stereocenters. The molecule has 84 valence electrons. The van der Waals surface area contributed by atoms with Crippen LogP contribution in [0.15, 0.2) is 0 Å². The van der Waals surface area contributed by atoms with Gasteiger partial charge in [0.25, 0.3) is 0 Å². The van der Waals surface area contributed by atoms with Gasteiger partial charge in [0.05, 0.1) is 0 Å². The standard InChI is InChI=1S/C10H16N2O3/c1-5-6(2)7-8(13)11(3)10(15)12(4)9(7)14/h6-7H,5H2,1-4H3/t6-/m1/s1. The summed E-state index contributed by atoms with van der Waals surface area (Å²) in [6.45, 7) is 3.76. The highest BCUT2D eigenvalue weighted by molar-refractivity contribution is 6.15. The van der Waals surface area contributed by atoms with Crippen molar-refractivity contribution in [1.29, 1.82) is 0 Å². The van der Waals surface area contributed by atoms with Crippen LogP contribution in [0.1, 0.15) is 20.3 Å². The number of rotatable bonds is 2. The molecule has 5 heteroatoms. The summed E-state index contributed by atoms with van der Waals surface area (Å²) in [5, 5.41) is 0. The Labute approximate surface area is 89.0 Å². The molecule has 1 rings (SSSR count). The monoisotopic (exact) mass is 212 g/mol. The molecule has 0 N–H and O–H groups in total. The fraction of sp³-hybridized carbons (Fsp3) is 0.700. The van der Waals surface area contributed by atoms with Crippen LogP contribution < -0.4 is 0 Å². The van der Waals surface area contributed by atoms with Crippen molar-refractivity contribution in [2.24, 2.45) is 11.8 Å². The predicted molar refractivity (Wildman–Crippen MR) is 53.9 cm³/mol. The van der Waals surface area contributed by atoms with Crippen molar-refractivity contribution in [3.05, 3.63) is 0 Å². The second kappa shape index (κ2) is 4.00. The summed E-state index contributed by atoms with van der Waals surface area (Å²) in [5.74, 6) is -1.53. The highest BCUT2D eigenvalue weighted by atomic mass is 16.2. The Kier molecular flexibility index (Phi) is 3.12. The van der Waals surface area contributed by atoms with Gasteiger partial charge in [0.2, 0.25) is 11.8 Å². The molecule has 4 amide bonds. The van der Waals surface area contributed by atoms with Crippen LogP contribution in [0.3, 0.4) is 0 Å². The van der Waals surface area contributed by atoms with Crippen LogP contribution in [0.5, 0.6) is 0 Å². The fourth-order valence-corrected chi connectivity index (χ4v) is 1.66. The van der Waals surface area contributed by atoms with E-state index >= 15 is 0 Å². The van der Waals surface area contributed by atoms with E-state index in [9.17, 15) is 14.4 Å². The molecule has 0 aromatic heterocycles. The van der Waals surface area contributed by atoms with Crippen molar-refractivity contribution < 1.29 is 14.4 Å². The minimum absolute atomic E-state index is 0.0389. The number of carbonyl (C=O) groups is 3. The summed E-state index contributed by atoms with van der Waals surface area (Å²) in [4.78, 5) is 36.9. The molecule has 0 aromatic carbocycles. The number of urea groups is 1. The SMILES string of the molecule is CC[C@@H](C)C1C(=O)N(C)C(=O)N(C)C1=O. The molecular formula is C10H16N2O3. The second-order valence-corrected chi connectivity index (χ2v) is 3.94. The van der Waals surface area contributed by atoms with Gasteiger partial charge >= 0.3 is 6.03 Å². The minimum Gasteiger partial charge on any atom is -0.273 e.